The maximum atomic E-state index is 13.3. The van der Waals surface area contributed by atoms with Crippen molar-refractivity contribution in [3.63, 3.8) is 0 Å². The Morgan fingerprint density at radius 1 is 1.33 bits per heavy atom. The van der Waals surface area contributed by atoms with E-state index >= 15 is 0 Å². The molecule has 1 aliphatic carbocycles. The molecule has 0 spiro atoms. The van der Waals surface area contributed by atoms with E-state index < -0.39 is 5.82 Å². The number of carbonyl (C=O) groups excluding carboxylic acids is 2. The number of hydrogen-bond acceptors (Lipinski definition) is 3. The number of rotatable bonds is 3. The second-order valence-corrected chi connectivity index (χ2v) is 4.43. The minimum Gasteiger partial charge on any atom is -0.300 e. The van der Waals surface area contributed by atoms with Crippen molar-refractivity contribution in [2.24, 2.45) is 5.92 Å². The lowest BCUT2D eigenvalue weighted by atomic mass is 9.88. The van der Waals surface area contributed by atoms with Gasteiger partial charge in [-0.05, 0) is 25.0 Å². The van der Waals surface area contributed by atoms with E-state index in [1.807, 2.05) is 0 Å². The zero-order chi connectivity index (χ0) is 13.0. The van der Waals surface area contributed by atoms with Crippen LogP contribution in [0, 0.1) is 11.7 Å². The normalized spacial score (nSPS) is 19.4. The van der Waals surface area contributed by atoms with Gasteiger partial charge in [-0.15, -0.1) is 0 Å². The first-order chi connectivity index (χ1) is 8.66. The van der Waals surface area contributed by atoms with Gasteiger partial charge < -0.3 is 0 Å². The van der Waals surface area contributed by atoms with Gasteiger partial charge in [0.2, 0.25) is 5.91 Å². The van der Waals surface area contributed by atoms with Crippen molar-refractivity contribution < 1.29 is 14.0 Å². The van der Waals surface area contributed by atoms with Gasteiger partial charge in [0.05, 0.1) is 5.69 Å². The highest BCUT2D eigenvalue weighted by atomic mass is 19.1. The van der Waals surface area contributed by atoms with Gasteiger partial charge in [-0.25, -0.2) is 4.39 Å². The summed E-state index contributed by atoms with van der Waals surface area (Å²) >= 11 is 0. The van der Waals surface area contributed by atoms with Crippen LogP contribution in [0.2, 0.25) is 0 Å². The molecule has 1 aromatic carbocycles. The summed E-state index contributed by atoms with van der Waals surface area (Å²) in [6, 6.07) is 6.07. The molecule has 2 N–H and O–H groups in total. The summed E-state index contributed by atoms with van der Waals surface area (Å²) in [4.78, 5) is 23.0. The summed E-state index contributed by atoms with van der Waals surface area (Å²) in [6.45, 7) is 0. The molecule has 0 saturated heterocycles. The number of hydrazine groups is 1. The van der Waals surface area contributed by atoms with Crippen LogP contribution in [0.15, 0.2) is 24.3 Å². The molecule has 1 aliphatic rings. The maximum absolute atomic E-state index is 13.3. The molecule has 18 heavy (non-hydrogen) atoms. The van der Waals surface area contributed by atoms with E-state index in [1.165, 1.54) is 12.1 Å². The predicted molar refractivity (Wildman–Crippen MR) is 65.1 cm³/mol. The number of para-hydroxylation sites is 1. The average molecular weight is 250 g/mol. The molecule has 1 unspecified atom stereocenters. The van der Waals surface area contributed by atoms with Gasteiger partial charge in [0.25, 0.3) is 0 Å². The third-order valence-corrected chi connectivity index (χ3v) is 3.05. The number of anilines is 1. The molecule has 1 aromatic rings. The van der Waals surface area contributed by atoms with Gasteiger partial charge >= 0.3 is 0 Å². The fraction of sp³-hybridized carbons (Fsp3) is 0.385. The lowest BCUT2D eigenvalue weighted by Crippen LogP contribution is -2.37. The molecule has 1 amide bonds. The Labute approximate surface area is 105 Å². The number of ketones is 1. The van der Waals surface area contributed by atoms with E-state index in [0.717, 1.165) is 6.42 Å². The molecule has 96 valence electrons. The van der Waals surface area contributed by atoms with Crippen molar-refractivity contribution in [2.45, 2.75) is 25.7 Å². The number of nitrogens with one attached hydrogen (secondary N) is 2. The van der Waals surface area contributed by atoms with Crippen molar-refractivity contribution in [2.75, 3.05) is 5.43 Å². The standard InChI is InChI=1S/C13H15FN2O2/c14-11-6-1-2-7-12(11)15-16-13(18)9-4-3-5-10(17)8-9/h1-2,6-7,9,15H,3-5,8H2,(H,16,18). The topological polar surface area (TPSA) is 58.2 Å². The average Bonchev–Trinajstić information content (AvgIpc) is 2.37. The third-order valence-electron chi connectivity index (χ3n) is 3.05. The van der Waals surface area contributed by atoms with Crippen molar-refractivity contribution >= 4 is 17.4 Å². The summed E-state index contributed by atoms with van der Waals surface area (Å²) in [5.41, 5.74) is 5.20. The van der Waals surface area contributed by atoms with Crippen LogP contribution >= 0.6 is 0 Å². The van der Waals surface area contributed by atoms with Crippen molar-refractivity contribution in [3.05, 3.63) is 30.1 Å². The Morgan fingerprint density at radius 2 is 2.11 bits per heavy atom. The molecular weight excluding hydrogens is 235 g/mol. The number of amides is 1. The van der Waals surface area contributed by atoms with Gasteiger partial charge in [0.1, 0.15) is 11.6 Å². The van der Waals surface area contributed by atoms with Crippen molar-refractivity contribution in [3.8, 4) is 0 Å². The molecule has 5 heteroatoms. The van der Waals surface area contributed by atoms with Crippen LogP contribution in [0.4, 0.5) is 10.1 Å². The highest BCUT2D eigenvalue weighted by Crippen LogP contribution is 2.21. The molecule has 0 heterocycles. The zero-order valence-electron chi connectivity index (χ0n) is 9.91. The number of hydrogen-bond donors (Lipinski definition) is 2. The van der Waals surface area contributed by atoms with Crippen molar-refractivity contribution in [1.82, 2.24) is 5.43 Å². The van der Waals surface area contributed by atoms with E-state index in [4.69, 9.17) is 0 Å². The van der Waals surface area contributed by atoms with E-state index in [9.17, 15) is 14.0 Å². The van der Waals surface area contributed by atoms with Gasteiger partial charge in [-0.3, -0.25) is 20.4 Å². The SMILES string of the molecule is O=C1CCCC(C(=O)NNc2ccccc2F)C1. The third kappa shape index (κ3) is 3.06. The Kier molecular flexibility index (Phi) is 3.92. The molecular formula is C13H15FN2O2. The van der Waals surface area contributed by atoms with E-state index in [2.05, 4.69) is 10.9 Å². The van der Waals surface area contributed by atoms with Crippen LogP contribution in [0.5, 0.6) is 0 Å². The number of halogens is 1. The zero-order valence-corrected chi connectivity index (χ0v) is 9.91. The molecule has 2 rings (SSSR count). The fourth-order valence-electron chi connectivity index (χ4n) is 2.04. The number of carbonyl (C=O) groups is 2. The minimum atomic E-state index is -0.433. The molecule has 4 nitrogen and oxygen atoms in total. The van der Waals surface area contributed by atoms with Crippen LogP contribution in [-0.2, 0) is 9.59 Å². The summed E-state index contributed by atoms with van der Waals surface area (Å²) in [5.74, 6) is -0.873. The van der Waals surface area contributed by atoms with Crippen LogP contribution in [0.25, 0.3) is 0 Å². The summed E-state index contributed by atoms with van der Waals surface area (Å²) in [6.07, 6.45) is 2.29. The van der Waals surface area contributed by atoms with Gasteiger partial charge in [0, 0.05) is 18.8 Å². The number of Topliss-reactive ketones (excluding diaryl/α,β-unsaturated/α-hetero) is 1. The minimum absolute atomic E-state index is 0.118. The highest BCUT2D eigenvalue weighted by molar-refractivity contribution is 5.88. The maximum Gasteiger partial charge on any atom is 0.241 e. The molecule has 1 fully saturated rings. The molecule has 1 atom stereocenters. The molecule has 1 saturated carbocycles. The second-order valence-electron chi connectivity index (χ2n) is 4.43. The monoisotopic (exact) mass is 250 g/mol. The van der Waals surface area contributed by atoms with E-state index in [-0.39, 0.29) is 29.7 Å². The highest BCUT2D eigenvalue weighted by Gasteiger charge is 2.25. The fourth-order valence-corrected chi connectivity index (χ4v) is 2.04. The number of benzene rings is 1. The Hall–Kier alpha value is -1.91. The smallest absolute Gasteiger partial charge is 0.241 e. The van der Waals surface area contributed by atoms with Crippen LogP contribution in [-0.4, -0.2) is 11.7 Å². The Balaban J connectivity index is 1.88. The lowest BCUT2D eigenvalue weighted by molar-refractivity contribution is -0.131. The predicted octanol–water partition coefficient (Wildman–Crippen LogP) is 2.03. The molecule has 0 radical (unpaired) electrons. The van der Waals surface area contributed by atoms with Crippen LogP contribution < -0.4 is 10.9 Å². The molecule has 0 aromatic heterocycles. The van der Waals surface area contributed by atoms with E-state index in [0.29, 0.717) is 12.8 Å². The van der Waals surface area contributed by atoms with Gasteiger partial charge in [0.15, 0.2) is 0 Å². The molecule has 0 bridgehead atoms. The van der Waals surface area contributed by atoms with Crippen molar-refractivity contribution in [1.29, 1.82) is 0 Å². The first kappa shape index (κ1) is 12.5. The lowest BCUT2D eigenvalue weighted by Gasteiger charge is -2.20. The van der Waals surface area contributed by atoms with Crippen LogP contribution in [0.1, 0.15) is 25.7 Å². The van der Waals surface area contributed by atoms with Gasteiger partial charge in [-0.1, -0.05) is 12.1 Å². The Bertz CT molecular complexity index is 462. The molecule has 0 aliphatic heterocycles. The largest absolute Gasteiger partial charge is 0.300 e. The summed E-state index contributed by atoms with van der Waals surface area (Å²) in [7, 11) is 0. The van der Waals surface area contributed by atoms with E-state index in [1.54, 1.807) is 12.1 Å². The van der Waals surface area contributed by atoms with Gasteiger partial charge in [-0.2, -0.15) is 0 Å². The quantitative estimate of drug-likeness (QED) is 0.807. The van der Waals surface area contributed by atoms with Crippen LogP contribution in [0.3, 0.4) is 0 Å². The first-order valence-corrected chi connectivity index (χ1v) is 5.99. The summed E-state index contributed by atoms with van der Waals surface area (Å²) < 4.78 is 13.3. The first-order valence-electron chi connectivity index (χ1n) is 5.99. The summed E-state index contributed by atoms with van der Waals surface area (Å²) in [5, 5.41) is 0. The Morgan fingerprint density at radius 3 is 2.83 bits per heavy atom. The second kappa shape index (κ2) is 5.62.